The number of aryl methyl sites for hydroxylation is 1. The maximum Gasteiger partial charge on any atom is 0.151 e. The van der Waals surface area contributed by atoms with Crippen molar-refractivity contribution in [3.05, 3.63) is 47.0 Å². The van der Waals surface area contributed by atoms with Crippen molar-refractivity contribution in [2.24, 2.45) is 13.0 Å². The molecule has 0 saturated heterocycles. The third kappa shape index (κ3) is 3.38. The molecular formula is C15H19ClN4. The van der Waals surface area contributed by atoms with Crippen molar-refractivity contribution in [2.75, 3.05) is 6.54 Å². The molecule has 106 valence electrons. The van der Waals surface area contributed by atoms with Crippen molar-refractivity contribution in [2.45, 2.75) is 25.3 Å². The van der Waals surface area contributed by atoms with Crippen LogP contribution >= 0.6 is 11.6 Å². The van der Waals surface area contributed by atoms with Crippen molar-refractivity contribution in [1.82, 2.24) is 20.1 Å². The molecule has 1 heterocycles. The molecule has 1 N–H and O–H groups in total. The highest BCUT2D eigenvalue weighted by Gasteiger charge is 2.31. The van der Waals surface area contributed by atoms with Gasteiger partial charge >= 0.3 is 0 Å². The first-order valence-corrected chi connectivity index (χ1v) is 7.43. The Labute approximate surface area is 124 Å². The largest absolute Gasteiger partial charge is 0.309 e. The van der Waals surface area contributed by atoms with Crippen LogP contribution in [0.25, 0.3) is 0 Å². The molecule has 0 aliphatic heterocycles. The molecule has 1 saturated carbocycles. The van der Waals surface area contributed by atoms with Crippen LogP contribution < -0.4 is 5.32 Å². The van der Waals surface area contributed by atoms with Crippen LogP contribution in [0.15, 0.2) is 30.6 Å². The normalized spacial score (nSPS) is 16.3. The van der Waals surface area contributed by atoms with E-state index in [1.165, 1.54) is 18.4 Å². The van der Waals surface area contributed by atoms with Crippen LogP contribution in [0.1, 0.15) is 30.3 Å². The second-order valence-corrected chi connectivity index (χ2v) is 5.84. The average Bonchev–Trinajstić information content (AvgIpc) is 3.19. The Bertz CT molecular complexity index is 560. The van der Waals surface area contributed by atoms with Crippen LogP contribution in [-0.2, 0) is 13.5 Å². The van der Waals surface area contributed by atoms with Gasteiger partial charge < -0.3 is 5.32 Å². The molecule has 1 aromatic carbocycles. The fourth-order valence-corrected chi connectivity index (χ4v) is 2.62. The third-order valence-electron chi connectivity index (χ3n) is 3.68. The first-order valence-electron chi connectivity index (χ1n) is 7.06. The van der Waals surface area contributed by atoms with E-state index >= 15 is 0 Å². The zero-order chi connectivity index (χ0) is 13.9. The molecule has 0 spiro atoms. The summed E-state index contributed by atoms with van der Waals surface area (Å²) in [4.78, 5) is 4.25. The second-order valence-electron chi connectivity index (χ2n) is 5.41. The molecule has 1 unspecified atom stereocenters. The number of nitrogens with zero attached hydrogens (tertiary/aromatic N) is 3. The number of rotatable bonds is 6. The summed E-state index contributed by atoms with van der Waals surface area (Å²) < 4.78 is 1.74. The van der Waals surface area contributed by atoms with Crippen LogP contribution in [0.3, 0.4) is 0 Å². The van der Waals surface area contributed by atoms with Crippen LogP contribution in [-0.4, -0.2) is 21.3 Å². The highest BCUT2D eigenvalue weighted by atomic mass is 35.5. The lowest BCUT2D eigenvalue weighted by molar-refractivity contribution is 0.481. The minimum atomic E-state index is 0.427. The van der Waals surface area contributed by atoms with E-state index in [1.807, 2.05) is 19.2 Å². The SMILES string of the molecule is Cn1cnc(CCNC(c2ccc(Cl)cc2)C2CC2)n1. The van der Waals surface area contributed by atoms with Gasteiger partial charge in [-0.15, -0.1) is 0 Å². The van der Waals surface area contributed by atoms with E-state index in [0.717, 1.165) is 29.7 Å². The molecule has 20 heavy (non-hydrogen) atoms. The lowest BCUT2D eigenvalue weighted by atomic mass is 10.0. The van der Waals surface area contributed by atoms with Gasteiger partial charge in [0.2, 0.25) is 0 Å². The van der Waals surface area contributed by atoms with Crippen molar-refractivity contribution < 1.29 is 0 Å². The number of hydrogen-bond donors (Lipinski definition) is 1. The highest BCUT2D eigenvalue weighted by Crippen LogP contribution is 2.41. The summed E-state index contributed by atoms with van der Waals surface area (Å²) >= 11 is 5.96. The summed E-state index contributed by atoms with van der Waals surface area (Å²) in [5.41, 5.74) is 1.32. The Hall–Kier alpha value is -1.39. The maximum absolute atomic E-state index is 5.96. The summed E-state index contributed by atoms with van der Waals surface area (Å²) in [6.45, 7) is 0.897. The van der Waals surface area contributed by atoms with Crippen molar-refractivity contribution >= 4 is 11.6 Å². The summed E-state index contributed by atoms with van der Waals surface area (Å²) in [6, 6.07) is 8.60. The quantitative estimate of drug-likeness (QED) is 0.889. The van der Waals surface area contributed by atoms with E-state index in [9.17, 15) is 0 Å². The molecule has 1 fully saturated rings. The van der Waals surface area contributed by atoms with E-state index in [-0.39, 0.29) is 0 Å². The third-order valence-corrected chi connectivity index (χ3v) is 3.93. The predicted octanol–water partition coefficient (Wildman–Crippen LogP) is 2.75. The van der Waals surface area contributed by atoms with E-state index in [4.69, 9.17) is 11.6 Å². The molecule has 1 atom stereocenters. The fourth-order valence-electron chi connectivity index (χ4n) is 2.49. The number of aromatic nitrogens is 3. The average molecular weight is 291 g/mol. The topological polar surface area (TPSA) is 42.7 Å². The number of halogens is 1. The van der Waals surface area contributed by atoms with Gasteiger partial charge in [0.1, 0.15) is 6.33 Å². The zero-order valence-corrected chi connectivity index (χ0v) is 12.3. The fraction of sp³-hybridized carbons (Fsp3) is 0.467. The van der Waals surface area contributed by atoms with Gasteiger partial charge in [0.25, 0.3) is 0 Å². The molecule has 0 radical (unpaired) electrons. The van der Waals surface area contributed by atoms with Crippen LogP contribution in [0.2, 0.25) is 5.02 Å². The van der Waals surface area contributed by atoms with Gasteiger partial charge in [0, 0.05) is 31.1 Å². The van der Waals surface area contributed by atoms with Crippen LogP contribution in [0, 0.1) is 5.92 Å². The second kappa shape index (κ2) is 5.94. The van der Waals surface area contributed by atoms with E-state index in [1.54, 1.807) is 11.0 Å². The molecule has 1 aliphatic carbocycles. The maximum atomic E-state index is 5.96. The Balaban J connectivity index is 1.59. The van der Waals surface area contributed by atoms with Gasteiger partial charge in [-0.1, -0.05) is 23.7 Å². The van der Waals surface area contributed by atoms with Gasteiger partial charge in [0.05, 0.1) is 0 Å². The van der Waals surface area contributed by atoms with E-state index in [2.05, 4.69) is 27.5 Å². The number of hydrogen-bond acceptors (Lipinski definition) is 3. The molecule has 3 rings (SSSR count). The lowest BCUT2D eigenvalue weighted by Gasteiger charge is -2.18. The lowest BCUT2D eigenvalue weighted by Crippen LogP contribution is -2.25. The molecule has 2 aromatic rings. The smallest absolute Gasteiger partial charge is 0.151 e. The van der Waals surface area contributed by atoms with E-state index in [0.29, 0.717) is 6.04 Å². The van der Waals surface area contributed by atoms with Crippen molar-refractivity contribution in [3.8, 4) is 0 Å². The van der Waals surface area contributed by atoms with Gasteiger partial charge in [-0.25, -0.2) is 4.98 Å². The molecule has 1 aromatic heterocycles. The highest BCUT2D eigenvalue weighted by molar-refractivity contribution is 6.30. The first kappa shape index (κ1) is 13.6. The monoisotopic (exact) mass is 290 g/mol. The minimum Gasteiger partial charge on any atom is -0.309 e. The first-order chi connectivity index (χ1) is 9.72. The molecular weight excluding hydrogens is 272 g/mol. The van der Waals surface area contributed by atoms with E-state index < -0.39 is 0 Å². The minimum absolute atomic E-state index is 0.427. The van der Waals surface area contributed by atoms with Crippen molar-refractivity contribution in [1.29, 1.82) is 0 Å². The zero-order valence-electron chi connectivity index (χ0n) is 11.6. The van der Waals surface area contributed by atoms with Gasteiger partial charge in [-0.3, -0.25) is 4.68 Å². The molecule has 1 aliphatic rings. The van der Waals surface area contributed by atoms with Gasteiger partial charge in [0.15, 0.2) is 5.82 Å². The standard InChI is InChI=1S/C15H19ClN4/c1-20-10-18-14(19-20)8-9-17-15(11-2-3-11)12-4-6-13(16)7-5-12/h4-7,10-11,15,17H,2-3,8-9H2,1H3. The van der Waals surface area contributed by atoms with Crippen LogP contribution in [0.5, 0.6) is 0 Å². The Kier molecular flexibility index (Phi) is 4.03. The summed E-state index contributed by atoms with van der Waals surface area (Å²) in [5, 5.41) is 8.74. The van der Waals surface area contributed by atoms with Crippen LogP contribution in [0.4, 0.5) is 0 Å². The summed E-state index contributed by atoms with van der Waals surface area (Å²) in [5.74, 6) is 1.65. The summed E-state index contributed by atoms with van der Waals surface area (Å²) in [6.07, 6.45) is 5.22. The summed E-state index contributed by atoms with van der Waals surface area (Å²) in [7, 11) is 1.89. The Morgan fingerprint density at radius 2 is 2.10 bits per heavy atom. The number of nitrogens with one attached hydrogen (secondary N) is 1. The molecule has 5 heteroatoms. The van der Waals surface area contributed by atoms with Gasteiger partial charge in [-0.2, -0.15) is 5.10 Å². The Morgan fingerprint density at radius 1 is 1.35 bits per heavy atom. The Morgan fingerprint density at radius 3 is 2.70 bits per heavy atom. The van der Waals surface area contributed by atoms with Gasteiger partial charge in [-0.05, 0) is 36.5 Å². The van der Waals surface area contributed by atoms with Crippen molar-refractivity contribution in [3.63, 3.8) is 0 Å². The molecule has 0 amide bonds. The molecule has 0 bridgehead atoms. The predicted molar refractivity (Wildman–Crippen MR) is 79.6 cm³/mol. The number of benzene rings is 1. The molecule has 4 nitrogen and oxygen atoms in total.